The zero-order valence-corrected chi connectivity index (χ0v) is 14.0. The first-order chi connectivity index (χ1) is 12.0. The summed E-state index contributed by atoms with van der Waals surface area (Å²) >= 11 is 0. The Bertz CT molecular complexity index is 974. The summed E-state index contributed by atoms with van der Waals surface area (Å²) in [5.74, 6) is 0.455. The minimum absolute atomic E-state index is 0.0210. The van der Waals surface area contributed by atoms with Crippen molar-refractivity contribution in [2.24, 2.45) is 7.05 Å². The zero-order valence-electron chi connectivity index (χ0n) is 14.0. The molecule has 0 spiro atoms. The second-order valence-electron chi connectivity index (χ2n) is 5.62. The molecule has 0 amide bonds. The van der Waals surface area contributed by atoms with Gasteiger partial charge in [-0.15, -0.1) is 0 Å². The Balaban J connectivity index is 2.10. The molecule has 5 nitrogen and oxygen atoms in total. The summed E-state index contributed by atoms with van der Waals surface area (Å²) in [7, 11) is 3.19. The van der Waals surface area contributed by atoms with Crippen LogP contribution in [0.2, 0.25) is 0 Å². The fraction of sp³-hybridized carbons (Fsp3) is 0.100. The van der Waals surface area contributed by atoms with Crippen LogP contribution in [0, 0.1) is 5.41 Å². The molecule has 0 bridgehead atoms. The maximum Gasteiger partial charge on any atom is 0.264 e. The van der Waals surface area contributed by atoms with Crippen molar-refractivity contribution >= 4 is 5.71 Å². The zero-order chi connectivity index (χ0) is 18.0. The molecule has 126 valence electrons. The van der Waals surface area contributed by atoms with E-state index in [0.717, 1.165) is 5.56 Å². The van der Waals surface area contributed by atoms with E-state index in [-0.39, 0.29) is 17.0 Å². The number of pyridine rings is 1. The van der Waals surface area contributed by atoms with Crippen LogP contribution in [-0.2, 0) is 7.05 Å². The van der Waals surface area contributed by atoms with Crippen LogP contribution < -0.4 is 10.3 Å². The molecule has 0 aliphatic rings. The maximum absolute atomic E-state index is 12.8. The van der Waals surface area contributed by atoms with Crippen LogP contribution in [-0.4, -0.2) is 22.5 Å². The Kier molecular flexibility index (Phi) is 4.39. The molecule has 2 aromatic carbocycles. The van der Waals surface area contributed by atoms with Crippen LogP contribution in [0.1, 0.15) is 11.1 Å². The van der Waals surface area contributed by atoms with Gasteiger partial charge in [0.15, 0.2) is 0 Å². The maximum atomic E-state index is 12.8. The molecule has 0 unspecified atom stereocenters. The van der Waals surface area contributed by atoms with E-state index in [9.17, 15) is 9.90 Å². The van der Waals surface area contributed by atoms with Gasteiger partial charge in [0.25, 0.3) is 5.56 Å². The van der Waals surface area contributed by atoms with E-state index in [1.54, 1.807) is 38.4 Å². The van der Waals surface area contributed by atoms with Gasteiger partial charge in [0.1, 0.15) is 17.1 Å². The smallest absolute Gasteiger partial charge is 0.264 e. The highest BCUT2D eigenvalue weighted by Crippen LogP contribution is 2.25. The summed E-state index contributed by atoms with van der Waals surface area (Å²) in [5.41, 5.74) is 1.47. The first-order valence-electron chi connectivity index (χ1n) is 7.74. The Morgan fingerprint density at radius 2 is 1.72 bits per heavy atom. The monoisotopic (exact) mass is 334 g/mol. The molecule has 3 rings (SSSR count). The summed E-state index contributed by atoms with van der Waals surface area (Å²) in [6.45, 7) is 0. The van der Waals surface area contributed by atoms with E-state index in [1.807, 2.05) is 30.3 Å². The van der Waals surface area contributed by atoms with Crippen molar-refractivity contribution in [2.75, 3.05) is 7.11 Å². The standard InChI is InChI=1S/C20H18N2O3/c1-22-16(13-6-4-3-5-7-13)12-17(23)18(20(22)24)19(21)14-8-10-15(25-2)11-9-14/h3-12,21,23H,1-2H3. The summed E-state index contributed by atoms with van der Waals surface area (Å²) in [4.78, 5) is 12.8. The molecule has 1 aromatic heterocycles. The van der Waals surface area contributed by atoms with E-state index >= 15 is 0 Å². The molecule has 1 heterocycles. The largest absolute Gasteiger partial charge is 0.507 e. The molecular formula is C20H18N2O3. The van der Waals surface area contributed by atoms with Crippen molar-refractivity contribution in [1.29, 1.82) is 5.41 Å². The highest BCUT2D eigenvalue weighted by molar-refractivity contribution is 6.12. The predicted octanol–water partition coefficient (Wildman–Crippen LogP) is 3.18. The van der Waals surface area contributed by atoms with Gasteiger partial charge in [0.2, 0.25) is 0 Å². The molecule has 0 radical (unpaired) electrons. The summed E-state index contributed by atoms with van der Waals surface area (Å²) in [6.07, 6.45) is 0. The number of nitrogens with zero attached hydrogens (tertiary/aromatic N) is 1. The van der Waals surface area contributed by atoms with Crippen LogP contribution in [0.3, 0.4) is 0 Å². The van der Waals surface area contributed by atoms with Gasteiger partial charge in [-0.05, 0) is 29.8 Å². The van der Waals surface area contributed by atoms with Crippen LogP contribution in [0.15, 0.2) is 65.5 Å². The van der Waals surface area contributed by atoms with Gasteiger partial charge in [-0.2, -0.15) is 0 Å². The molecule has 0 saturated carbocycles. The Labute approximate surface area is 145 Å². The van der Waals surface area contributed by atoms with Gasteiger partial charge in [0, 0.05) is 18.7 Å². The van der Waals surface area contributed by atoms with E-state index in [1.165, 1.54) is 10.6 Å². The van der Waals surface area contributed by atoms with Crippen molar-refractivity contribution < 1.29 is 9.84 Å². The molecule has 2 N–H and O–H groups in total. The fourth-order valence-corrected chi connectivity index (χ4v) is 2.71. The molecule has 3 aromatic rings. The Hall–Kier alpha value is -3.34. The number of nitrogens with one attached hydrogen (secondary N) is 1. The number of hydrogen-bond acceptors (Lipinski definition) is 4. The van der Waals surface area contributed by atoms with Crippen molar-refractivity contribution in [3.8, 4) is 22.8 Å². The second kappa shape index (κ2) is 6.65. The lowest BCUT2D eigenvalue weighted by atomic mass is 10.0. The highest BCUT2D eigenvalue weighted by atomic mass is 16.5. The number of methoxy groups -OCH3 is 1. The topological polar surface area (TPSA) is 75.3 Å². The quantitative estimate of drug-likeness (QED) is 0.720. The molecule has 0 aliphatic heterocycles. The van der Waals surface area contributed by atoms with Gasteiger partial charge in [0.05, 0.1) is 18.5 Å². The lowest BCUT2D eigenvalue weighted by Crippen LogP contribution is -2.26. The van der Waals surface area contributed by atoms with Crippen molar-refractivity contribution in [3.63, 3.8) is 0 Å². The van der Waals surface area contributed by atoms with Crippen molar-refractivity contribution in [2.45, 2.75) is 0 Å². The van der Waals surface area contributed by atoms with Crippen LogP contribution in [0.4, 0.5) is 0 Å². The van der Waals surface area contributed by atoms with E-state index < -0.39 is 5.56 Å². The number of aromatic hydroxyl groups is 1. The summed E-state index contributed by atoms with van der Waals surface area (Å²) in [6, 6.07) is 17.7. The SMILES string of the molecule is COc1ccc(C(=N)c2c(O)cc(-c3ccccc3)n(C)c2=O)cc1. The molecule has 25 heavy (non-hydrogen) atoms. The van der Waals surface area contributed by atoms with E-state index in [4.69, 9.17) is 10.1 Å². The third-order valence-electron chi connectivity index (χ3n) is 4.11. The molecule has 0 fully saturated rings. The summed E-state index contributed by atoms with van der Waals surface area (Å²) < 4.78 is 6.55. The minimum atomic E-state index is -0.417. The number of rotatable bonds is 4. The lowest BCUT2D eigenvalue weighted by Gasteiger charge is -2.13. The highest BCUT2D eigenvalue weighted by Gasteiger charge is 2.18. The Morgan fingerprint density at radius 1 is 1.08 bits per heavy atom. The van der Waals surface area contributed by atoms with Gasteiger partial charge < -0.3 is 14.4 Å². The van der Waals surface area contributed by atoms with Gasteiger partial charge in [-0.3, -0.25) is 10.2 Å². The normalized spacial score (nSPS) is 10.5. The van der Waals surface area contributed by atoms with Gasteiger partial charge in [-0.25, -0.2) is 0 Å². The van der Waals surface area contributed by atoms with Crippen molar-refractivity contribution in [1.82, 2.24) is 4.57 Å². The molecule has 0 aliphatic carbocycles. The average Bonchev–Trinajstić information content (AvgIpc) is 2.65. The minimum Gasteiger partial charge on any atom is -0.507 e. The Morgan fingerprint density at radius 3 is 2.32 bits per heavy atom. The molecule has 5 heteroatoms. The lowest BCUT2D eigenvalue weighted by molar-refractivity contribution is 0.415. The first-order valence-corrected chi connectivity index (χ1v) is 7.74. The summed E-state index contributed by atoms with van der Waals surface area (Å²) in [5, 5.41) is 18.7. The number of hydrogen-bond donors (Lipinski definition) is 2. The average molecular weight is 334 g/mol. The first kappa shape index (κ1) is 16.5. The second-order valence-corrected chi connectivity index (χ2v) is 5.62. The van der Waals surface area contributed by atoms with E-state index in [2.05, 4.69) is 0 Å². The number of benzene rings is 2. The third kappa shape index (κ3) is 3.04. The number of aromatic nitrogens is 1. The molecular weight excluding hydrogens is 316 g/mol. The van der Waals surface area contributed by atoms with Crippen LogP contribution in [0.25, 0.3) is 11.3 Å². The van der Waals surface area contributed by atoms with E-state index in [0.29, 0.717) is 17.0 Å². The molecule has 0 atom stereocenters. The van der Waals surface area contributed by atoms with Crippen LogP contribution in [0.5, 0.6) is 11.5 Å². The third-order valence-corrected chi connectivity index (χ3v) is 4.11. The fourth-order valence-electron chi connectivity index (χ4n) is 2.71. The van der Waals surface area contributed by atoms with Crippen molar-refractivity contribution in [3.05, 3.63) is 82.1 Å². The van der Waals surface area contributed by atoms with Gasteiger partial charge >= 0.3 is 0 Å². The predicted molar refractivity (Wildman–Crippen MR) is 97.7 cm³/mol. The molecule has 0 saturated heterocycles. The van der Waals surface area contributed by atoms with Crippen LogP contribution >= 0.6 is 0 Å². The number of ether oxygens (including phenoxy) is 1. The van der Waals surface area contributed by atoms with Gasteiger partial charge in [-0.1, -0.05) is 30.3 Å².